The molecular weight excluding hydrogens is 480 g/mol. The van der Waals surface area contributed by atoms with Gasteiger partial charge in [-0.1, -0.05) is 102 Å². The van der Waals surface area contributed by atoms with Gasteiger partial charge in [0.25, 0.3) is 0 Å². The average Bonchev–Trinajstić information content (AvgIpc) is 3.46. The van der Waals surface area contributed by atoms with E-state index >= 15 is 0 Å². The van der Waals surface area contributed by atoms with E-state index in [1.807, 2.05) is 67.6 Å². The van der Waals surface area contributed by atoms with Gasteiger partial charge in [0.15, 0.2) is 5.78 Å². The van der Waals surface area contributed by atoms with Crippen molar-refractivity contribution in [3.05, 3.63) is 142 Å². The standard InChI is InChI=1S/C18H16O2.C18H14O/c1-12-5-4-6-13(9-12)10-16(19)18-15-8-3-2-7-14(15)11-17(18)20;1-11-6-7-14-13(8-11)10-17(19)18-15-5-3-2-4-12(15)9-16(14)18/h2-9,19H,10-11H2,1H3;2-8,10,19H,9H2,1H3. The number of ketones is 1. The van der Waals surface area contributed by atoms with Crippen LogP contribution in [0.25, 0.3) is 27.5 Å². The molecule has 3 heteroatoms. The molecule has 0 aliphatic heterocycles. The molecule has 2 N–H and O–H groups in total. The van der Waals surface area contributed by atoms with Crippen LogP contribution in [0.3, 0.4) is 0 Å². The molecule has 0 bridgehead atoms. The first kappa shape index (κ1) is 24.7. The number of aliphatic hydroxyl groups excluding tert-OH is 1. The molecule has 0 unspecified atom stereocenters. The Morgan fingerprint density at radius 2 is 1.44 bits per heavy atom. The predicted octanol–water partition coefficient (Wildman–Crippen LogP) is 8.06. The van der Waals surface area contributed by atoms with E-state index in [0.29, 0.717) is 24.2 Å². The monoisotopic (exact) mass is 510 g/mol. The third-order valence-corrected chi connectivity index (χ3v) is 7.70. The maximum Gasteiger partial charge on any atom is 0.171 e. The highest BCUT2D eigenvalue weighted by atomic mass is 16.3. The molecule has 0 amide bonds. The molecule has 0 radical (unpaired) electrons. The van der Waals surface area contributed by atoms with Gasteiger partial charge in [0.2, 0.25) is 0 Å². The predicted molar refractivity (Wildman–Crippen MR) is 158 cm³/mol. The Kier molecular flexibility index (Phi) is 6.28. The largest absolute Gasteiger partial charge is 0.511 e. The summed E-state index contributed by atoms with van der Waals surface area (Å²) in [7, 11) is 0. The molecule has 2 aliphatic rings. The molecule has 0 saturated carbocycles. The molecule has 7 rings (SSSR count). The quantitative estimate of drug-likeness (QED) is 0.183. The SMILES string of the molecule is Cc1ccc2c3c(c(O)cc2c1)-c1ccccc1C3.Cc1cccc(CC(O)=C2C(=O)Cc3ccccc32)c1. The number of hydrogen-bond acceptors (Lipinski definition) is 3. The summed E-state index contributed by atoms with van der Waals surface area (Å²) in [6, 6.07) is 32.3. The Hall–Kier alpha value is -4.63. The molecular formula is C36H30O3. The van der Waals surface area contributed by atoms with Crippen molar-refractivity contribution >= 4 is 22.1 Å². The van der Waals surface area contributed by atoms with Crippen LogP contribution in [0.4, 0.5) is 0 Å². The highest BCUT2D eigenvalue weighted by molar-refractivity contribution is 6.25. The number of hydrogen-bond donors (Lipinski definition) is 2. The van der Waals surface area contributed by atoms with Gasteiger partial charge in [0.05, 0.1) is 5.57 Å². The van der Waals surface area contributed by atoms with Crippen molar-refractivity contribution < 1.29 is 15.0 Å². The minimum absolute atomic E-state index is 0.0105. The molecule has 0 heterocycles. The number of aryl methyl sites for hydroxylation is 2. The van der Waals surface area contributed by atoms with Crippen molar-refractivity contribution in [1.82, 2.24) is 0 Å². The number of benzene rings is 5. The van der Waals surface area contributed by atoms with Gasteiger partial charge >= 0.3 is 0 Å². The van der Waals surface area contributed by atoms with Gasteiger partial charge in [-0.15, -0.1) is 0 Å². The summed E-state index contributed by atoms with van der Waals surface area (Å²) in [6.07, 6.45) is 1.71. The van der Waals surface area contributed by atoms with E-state index in [0.717, 1.165) is 39.6 Å². The number of allylic oxidation sites excluding steroid dienone is 2. The summed E-state index contributed by atoms with van der Waals surface area (Å²) < 4.78 is 0. The Balaban J connectivity index is 0.000000142. The van der Waals surface area contributed by atoms with Crippen LogP contribution in [0, 0.1) is 13.8 Å². The van der Waals surface area contributed by atoms with Crippen molar-refractivity contribution in [2.75, 3.05) is 0 Å². The molecule has 0 atom stereocenters. The lowest BCUT2D eigenvalue weighted by molar-refractivity contribution is -0.112. The number of carbonyl (C=O) groups is 1. The molecule has 39 heavy (non-hydrogen) atoms. The van der Waals surface area contributed by atoms with Gasteiger partial charge in [-0.2, -0.15) is 0 Å². The number of phenols is 1. The van der Waals surface area contributed by atoms with Crippen molar-refractivity contribution in [2.24, 2.45) is 0 Å². The Bertz CT molecular complexity index is 1790. The van der Waals surface area contributed by atoms with E-state index in [9.17, 15) is 15.0 Å². The zero-order valence-electron chi connectivity index (χ0n) is 22.2. The van der Waals surface area contributed by atoms with Gasteiger partial charge in [0.1, 0.15) is 11.5 Å². The summed E-state index contributed by atoms with van der Waals surface area (Å²) in [4.78, 5) is 12.1. The lowest BCUT2D eigenvalue weighted by atomic mass is 9.97. The van der Waals surface area contributed by atoms with Gasteiger partial charge in [-0.25, -0.2) is 0 Å². The first-order valence-corrected chi connectivity index (χ1v) is 13.3. The second kappa shape index (κ2) is 9.92. The summed E-state index contributed by atoms with van der Waals surface area (Å²) in [6.45, 7) is 4.10. The number of aromatic hydroxyl groups is 1. The fourth-order valence-corrected chi connectivity index (χ4v) is 5.93. The lowest BCUT2D eigenvalue weighted by Crippen LogP contribution is -2.01. The smallest absolute Gasteiger partial charge is 0.171 e. The van der Waals surface area contributed by atoms with Crippen LogP contribution < -0.4 is 0 Å². The van der Waals surface area contributed by atoms with Crippen LogP contribution in [0.15, 0.2) is 103 Å². The van der Waals surface area contributed by atoms with E-state index in [1.54, 1.807) is 0 Å². The second-order valence-corrected chi connectivity index (χ2v) is 10.6. The molecule has 5 aromatic rings. The molecule has 3 nitrogen and oxygen atoms in total. The van der Waals surface area contributed by atoms with Crippen molar-refractivity contribution in [2.45, 2.75) is 33.1 Å². The van der Waals surface area contributed by atoms with Crippen molar-refractivity contribution in [3.63, 3.8) is 0 Å². The second-order valence-electron chi connectivity index (χ2n) is 10.6. The van der Waals surface area contributed by atoms with Crippen LogP contribution in [-0.4, -0.2) is 16.0 Å². The maximum absolute atomic E-state index is 12.1. The highest BCUT2D eigenvalue weighted by Crippen LogP contribution is 2.45. The third-order valence-electron chi connectivity index (χ3n) is 7.70. The summed E-state index contributed by atoms with van der Waals surface area (Å²) in [5.41, 5.74) is 10.5. The number of Topliss-reactive ketones (excluding diaryl/α,β-unsaturated/α-hetero) is 1. The maximum atomic E-state index is 12.1. The van der Waals surface area contributed by atoms with E-state index in [1.165, 1.54) is 27.6 Å². The molecule has 2 aliphatic carbocycles. The Labute approximate surface area is 228 Å². The van der Waals surface area contributed by atoms with Gasteiger partial charge in [-0.3, -0.25) is 4.79 Å². The van der Waals surface area contributed by atoms with Crippen molar-refractivity contribution in [3.8, 4) is 16.9 Å². The topological polar surface area (TPSA) is 57.5 Å². The van der Waals surface area contributed by atoms with Crippen LogP contribution in [0.2, 0.25) is 0 Å². The molecule has 0 spiro atoms. The lowest BCUT2D eigenvalue weighted by Gasteiger charge is -2.09. The van der Waals surface area contributed by atoms with Crippen LogP contribution in [-0.2, 0) is 24.1 Å². The molecule has 0 fully saturated rings. The number of phenolic OH excluding ortho intramolecular Hbond substituents is 1. The summed E-state index contributed by atoms with van der Waals surface area (Å²) in [5, 5.41) is 23.1. The number of fused-ring (bicyclic) bond motifs is 6. The molecule has 0 aromatic heterocycles. The molecule has 0 saturated heterocycles. The fourth-order valence-electron chi connectivity index (χ4n) is 5.93. The van der Waals surface area contributed by atoms with E-state index in [-0.39, 0.29) is 11.5 Å². The normalized spacial score (nSPS) is 14.4. The van der Waals surface area contributed by atoms with Crippen LogP contribution in [0.1, 0.15) is 38.9 Å². The highest BCUT2D eigenvalue weighted by Gasteiger charge is 2.27. The first-order valence-electron chi connectivity index (χ1n) is 13.3. The van der Waals surface area contributed by atoms with Crippen molar-refractivity contribution in [1.29, 1.82) is 0 Å². The summed E-state index contributed by atoms with van der Waals surface area (Å²) in [5.74, 6) is 0.583. The molecule has 5 aromatic carbocycles. The number of carbonyl (C=O) groups excluding carboxylic acids is 1. The van der Waals surface area contributed by atoms with E-state index < -0.39 is 0 Å². The van der Waals surface area contributed by atoms with Crippen LogP contribution in [0.5, 0.6) is 5.75 Å². The number of aliphatic hydroxyl groups is 1. The summed E-state index contributed by atoms with van der Waals surface area (Å²) >= 11 is 0. The average molecular weight is 511 g/mol. The van der Waals surface area contributed by atoms with Gasteiger partial charge in [0, 0.05) is 18.4 Å². The van der Waals surface area contributed by atoms with E-state index in [2.05, 4.69) is 43.3 Å². The van der Waals surface area contributed by atoms with E-state index in [4.69, 9.17) is 0 Å². The Morgan fingerprint density at radius 3 is 2.21 bits per heavy atom. The minimum Gasteiger partial charge on any atom is -0.511 e. The van der Waals surface area contributed by atoms with Gasteiger partial charge < -0.3 is 10.2 Å². The third kappa shape index (κ3) is 4.61. The van der Waals surface area contributed by atoms with Gasteiger partial charge in [-0.05, 0) is 70.5 Å². The zero-order chi connectivity index (χ0) is 27.1. The Morgan fingerprint density at radius 1 is 0.744 bits per heavy atom. The zero-order valence-corrected chi connectivity index (χ0v) is 22.2. The fraction of sp³-hybridized carbons (Fsp3) is 0.139. The molecule has 192 valence electrons. The number of rotatable bonds is 2. The van der Waals surface area contributed by atoms with Crippen LogP contribution >= 0.6 is 0 Å². The first-order chi connectivity index (χ1) is 18.9. The minimum atomic E-state index is 0.0105.